The lowest BCUT2D eigenvalue weighted by Crippen LogP contribution is -2.38. The Bertz CT molecular complexity index is 1040. The number of anilines is 1. The zero-order valence-electron chi connectivity index (χ0n) is 19.3. The Labute approximate surface area is 194 Å². The van der Waals surface area contributed by atoms with E-state index in [0.29, 0.717) is 45.2 Å². The van der Waals surface area contributed by atoms with Crippen molar-refractivity contribution in [1.29, 1.82) is 0 Å². The van der Waals surface area contributed by atoms with E-state index in [9.17, 15) is 4.79 Å². The molecule has 1 aliphatic heterocycles. The summed E-state index contributed by atoms with van der Waals surface area (Å²) in [6, 6.07) is 18.0. The second-order valence-electron chi connectivity index (χ2n) is 8.25. The Hall–Kier alpha value is -3.16. The molecule has 2 heterocycles. The van der Waals surface area contributed by atoms with Gasteiger partial charge < -0.3 is 23.8 Å². The van der Waals surface area contributed by atoms with E-state index >= 15 is 0 Å². The number of nitrogens with zero attached hydrogens (tertiary/aromatic N) is 3. The third-order valence-corrected chi connectivity index (χ3v) is 5.82. The van der Waals surface area contributed by atoms with Crippen LogP contribution in [0.25, 0.3) is 11.3 Å². The fourth-order valence-electron chi connectivity index (χ4n) is 4.04. The molecular weight excluding hydrogens is 418 g/mol. The molecule has 1 amide bonds. The number of ether oxygens (including phenoxy) is 2. The zero-order chi connectivity index (χ0) is 23.0. The van der Waals surface area contributed by atoms with E-state index in [2.05, 4.69) is 29.1 Å². The molecule has 1 saturated heterocycles. The van der Waals surface area contributed by atoms with Gasteiger partial charge in [-0.3, -0.25) is 4.79 Å². The van der Waals surface area contributed by atoms with E-state index in [1.165, 1.54) is 0 Å². The maximum absolute atomic E-state index is 13.3. The van der Waals surface area contributed by atoms with Crippen LogP contribution < -0.4 is 4.90 Å². The molecule has 0 bridgehead atoms. The molecule has 0 aliphatic carbocycles. The second-order valence-corrected chi connectivity index (χ2v) is 8.25. The highest BCUT2D eigenvalue weighted by molar-refractivity contribution is 5.79. The monoisotopic (exact) mass is 449 g/mol. The van der Waals surface area contributed by atoms with Gasteiger partial charge in [0.1, 0.15) is 5.69 Å². The topological polar surface area (TPSA) is 68.0 Å². The van der Waals surface area contributed by atoms with Gasteiger partial charge in [0.15, 0.2) is 0 Å². The number of aromatic nitrogens is 1. The van der Waals surface area contributed by atoms with E-state index in [1.54, 1.807) is 7.11 Å². The van der Waals surface area contributed by atoms with Crippen LogP contribution in [0.15, 0.2) is 59.1 Å². The molecule has 1 fully saturated rings. The molecule has 1 aromatic heterocycles. The number of hydrogen-bond donors (Lipinski definition) is 0. The molecule has 7 nitrogen and oxygen atoms in total. The number of carbonyl (C=O) groups excluding carboxylic acids is 1. The summed E-state index contributed by atoms with van der Waals surface area (Å²) < 4.78 is 16.7. The Kier molecular flexibility index (Phi) is 7.75. The molecule has 7 heteroatoms. The highest BCUT2D eigenvalue weighted by Crippen LogP contribution is 2.33. The molecule has 0 atom stereocenters. The van der Waals surface area contributed by atoms with Gasteiger partial charge in [-0.2, -0.15) is 0 Å². The number of hydrogen-bond acceptors (Lipinski definition) is 6. The Balaban J connectivity index is 1.67. The van der Waals surface area contributed by atoms with E-state index < -0.39 is 0 Å². The SMILES string of the molecule is COCCN(Cc1c(-c2cccc(C)c2)noc1N1CCOCC1)C(=O)Cc1ccccc1. The van der Waals surface area contributed by atoms with Crippen molar-refractivity contribution in [2.24, 2.45) is 0 Å². The molecule has 3 aromatic rings. The average Bonchev–Trinajstić information content (AvgIpc) is 3.26. The van der Waals surface area contributed by atoms with Crippen LogP contribution in [0.5, 0.6) is 0 Å². The Morgan fingerprint density at radius 3 is 2.64 bits per heavy atom. The fourth-order valence-corrected chi connectivity index (χ4v) is 4.04. The summed E-state index contributed by atoms with van der Waals surface area (Å²) in [5, 5.41) is 4.45. The molecular formula is C26H31N3O4. The molecule has 0 saturated carbocycles. The van der Waals surface area contributed by atoms with Gasteiger partial charge >= 0.3 is 0 Å². The molecule has 1 aliphatic rings. The number of benzene rings is 2. The van der Waals surface area contributed by atoms with Crippen LogP contribution in [-0.4, -0.2) is 62.5 Å². The molecule has 0 spiro atoms. The highest BCUT2D eigenvalue weighted by Gasteiger charge is 2.27. The van der Waals surface area contributed by atoms with Crippen LogP contribution in [0, 0.1) is 6.92 Å². The van der Waals surface area contributed by atoms with Crippen molar-refractivity contribution in [2.45, 2.75) is 19.9 Å². The molecule has 0 N–H and O–H groups in total. The van der Waals surface area contributed by atoms with Crippen molar-refractivity contribution < 1.29 is 18.8 Å². The van der Waals surface area contributed by atoms with Gasteiger partial charge in [-0.05, 0) is 18.6 Å². The average molecular weight is 450 g/mol. The van der Waals surface area contributed by atoms with E-state index in [-0.39, 0.29) is 5.91 Å². The Morgan fingerprint density at radius 2 is 1.91 bits per heavy atom. The molecule has 0 unspecified atom stereocenters. The number of carbonyl (C=O) groups is 1. The quantitative estimate of drug-likeness (QED) is 0.496. The van der Waals surface area contributed by atoms with Crippen LogP contribution in [0.3, 0.4) is 0 Å². The van der Waals surface area contributed by atoms with Crippen LogP contribution in [0.4, 0.5) is 5.88 Å². The number of rotatable bonds is 9. The molecule has 174 valence electrons. The smallest absolute Gasteiger partial charge is 0.233 e. The van der Waals surface area contributed by atoms with Crippen molar-refractivity contribution in [2.75, 3.05) is 51.5 Å². The van der Waals surface area contributed by atoms with Gasteiger partial charge in [0.2, 0.25) is 11.8 Å². The van der Waals surface area contributed by atoms with Crippen LogP contribution in [0.2, 0.25) is 0 Å². The summed E-state index contributed by atoms with van der Waals surface area (Å²) in [7, 11) is 1.65. The summed E-state index contributed by atoms with van der Waals surface area (Å²) in [5.41, 5.74) is 4.80. The zero-order valence-corrected chi connectivity index (χ0v) is 19.3. The van der Waals surface area contributed by atoms with Gasteiger partial charge in [0.05, 0.1) is 38.3 Å². The number of methoxy groups -OCH3 is 1. The molecule has 2 aromatic carbocycles. The maximum atomic E-state index is 13.3. The van der Waals surface area contributed by atoms with Crippen molar-refractivity contribution in [3.05, 3.63) is 71.3 Å². The number of morpholine rings is 1. The molecule has 33 heavy (non-hydrogen) atoms. The van der Waals surface area contributed by atoms with Crippen molar-refractivity contribution in [3.8, 4) is 11.3 Å². The minimum atomic E-state index is 0.0440. The standard InChI is InChI=1S/C26H31N3O4/c1-20-7-6-10-22(17-20)25-23(26(33-27-25)28-12-15-32-16-13-28)19-29(11-14-31-2)24(30)18-21-8-4-3-5-9-21/h3-10,17H,11-16,18-19H2,1-2H3. The predicted octanol–water partition coefficient (Wildman–Crippen LogP) is 3.70. The van der Waals surface area contributed by atoms with Gasteiger partial charge in [0.25, 0.3) is 0 Å². The first-order valence-electron chi connectivity index (χ1n) is 11.3. The summed E-state index contributed by atoms with van der Waals surface area (Å²) >= 11 is 0. The molecule has 4 rings (SSSR count). The summed E-state index contributed by atoms with van der Waals surface area (Å²) in [5.74, 6) is 0.757. The minimum Gasteiger partial charge on any atom is -0.383 e. The van der Waals surface area contributed by atoms with E-state index in [0.717, 1.165) is 41.0 Å². The van der Waals surface area contributed by atoms with Gasteiger partial charge in [-0.1, -0.05) is 59.3 Å². The maximum Gasteiger partial charge on any atom is 0.233 e. The lowest BCUT2D eigenvalue weighted by atomic mass is 10.0. The lowest BCUT2D eigenvalue weighted by Gasteiger charge is -2.28. The normalized spacial score (nSPS) is 13.8. The first-order valence-corrected chi connectivity index (χ1v) is 11.3. The van der Waals surface area contributed by atoms with E-state index in [1.807, 2.05) is 47.4 Å². The lowest BCUT2D eigenvalue weighted by molar-refractivity contribution is -0.131. The van der Waals surface area contributed by atoms with Crippen LogP contribution >= 0.6 is 0 Å². The first-order chi connectivity index (χ1) is 16.2. The third-order valence-electron chi connectivity index (χ3n) is 5.82. The Morgan fingerprint density at radius 1 is 1.12 bits per heavy atom. The van der Waals surface area contributed by atoms with Crippen molar-refractivity contribution in [1.82, 2.24) is 10.1 Å². The highest BCUT2D eigenvalue weighted by atomic mass is 16.5. The molecule has 0 radical (unpaired) electrons. The van der Waals surface area contributed by atoms with Crippen molar-refractivity contribution >= 4 is 11.8 Å². The largest absolute Gasteiger partial charge is 0.383 e. The predicted molar refractivity (Wildman–Crippen MR) is 127 cm³/mol. The van der Waals surface area contributed by atoms with Gasteiger partial charge in [0, 0.05) is 32.3 Å². The third kappa shape index (κ3) is 5.80. The summed E-state index contributed by atoms with van der Waals surface area (Å²) in [4.78, 5) is 17.3. The fraction of sp³-hybridized carbons (Fsp3) is 0.385. The van der Waals surface area contributed by atoms with Crippen LogP contribution in [-0.2, 0) is 27.2 Å². The first kappa shape index (κ1) is 23.0. The van der Waals surface area contributed by atoms with Crippen LogP contribution in [0.1, 0.15) is 16.7 Å². The number of amides is 1. The van der Waals surface area contributed by atoms with Crippen molar-refractivity contribution in [3.63, 3.8) is 0 Å². The van der Waals surface area contributed by atoms with E-state index in [4.69, 9.17) is 14.0 Å². The number of aryl methyl sites for hydroxylation is 1. The van der Waals surface area contributed by atoms with Gasteiger partial charge in [-0.25, -0.2) is 0 Å². The van der Waals surface area contributed by atoms with Gasteiger partial charge in [-0.15, -0.1) is 0 Å². The minimum absolute atomic E-state index is 0.0440. The summed E-state index contributed by atoms with van der Waals surface area (Å²) in [6.45, 7) is 6.13. The second kappa shape index (κ2) is 11.1. The summed E-state index contributed by atoms with van der Waals surface area (Å²) in [6.07, 6.45) is 0.336.